The lowest BCUT2D eigenvalue weighted by atomic mass is 10.2. The fourth-order valence-corrected chi connectivity index (χ4v) is 2.46. The fraction of sp³-hybridized carbons (Fsp3) is 0.125. The third-order valence-corrected chi connectivity index (χ3v) is 3.54. The van der Waals surface area contributed by atoms with Crippen LogP contribution in [0.15, 0.2) is 59.4 Å². The molecule has 3 aromatic rings. The van der Waals surface area contributed by atoms with Gasteiger partial charge in [0.05, 0.1) is 17.4 Å². The van der Waals surface area contributed by atoms with E-state index in [9.17, 15) is 4.79 Å². The molecule has 0 spiro atoms. The number of nitrogens with zero attached hydrogens (tertiary/aromatic N) is 1. The van der Waals surface area contributed by atoms with Gasteiger partial charge in [0.25, 0.3) is 5.56 Å². The summed E-state index contributed by atoms with van der Waals surface area (Å²) in [5, 5.41) is 0.630. The molecule has 0 unspecified atom stereocenters. The summed E-state index contributed by atoms with van der Waals surface area (Å²) in [5.74, 6) is 0.779. The van der Waals surface area contributed by atoms with Crippen molar-refractivity contribution in [2.45, 2.75) is 6.54 Å². The number of para-hydroxylation sites is 2. The minimum Gasteiger partial charge on any atom is -0.492 e. The van der Waals surface area contributed by atoms with E-state index in [4.69, 9.17) is 17.0 Å². The van der Waals surface area contributed by atoms with Crippen LogP contribution in [0.25, 0.3) is 10.9 Å². The zero-order valence-electron chi connectivity index (χ0n) is 11.3. The van der Waals surface area contributed by atoms with Crippen molar-refractivity contribution in [1.82, 2.24) is 9.55 Å². The second-order valence-electron chi connectivity index (χ2n) is 4.59. The molecule has 0 saturated heterocycles. The van der Waals surface area contributed by atoms with Crippen LogP contribution in [0.3, 0.4) is 0 Å². The Morgan fingerprint density at radius 2 is 1.76 bits per heavy atom. The first-order chi connectivity index (χ1) is 10.3. The van der Waals surface area contributed by atoms with Gasteiger partial charge < -0.3 is 9.72 Å². The van der Waals surface area contributed by atoms with Crippen molar-refractivity contribution in [3.05, 3.63) is 69.7 Å². The van der Waals surface area contributed by atoms with Gasteiger partial charge in [0.15, 0.2) is 4.77 Å². The van der Waals surface area contributed by atoms with Gasteiger partial charge in [-0.3, -0.25) is 9.36 Å². The lowest BCUT2D eigenvalue weighted by molar-refractivity contribution is 0.295. The summed E-state index contributed by atoms with van der Waals surface area (Å²) >= 11 is 5.25. The molecule has 4 nitrogen and oxygen atoms in total. The predicted molar refractivity (Wildman–Crippen MR) is 85.3 cm³/mol. The number of rotatable bonds is 4. The van der Waals surface area contributed by atoms with Gasteiger partial charge in [-0.25, -0.2) is 0 Å². The van der Waals surface area contributed by atoms with Crippen molar-refractivity contribution < 1.29 is 4.74 Å². The molecule has 1 aromatic heterocycles. The molecule has 1 heterocycles. The van der Waals surface area contributed by atoms with Gasteiger partial charge in [-0.15, -0.1) is 0 Å². The van der Waals surface area contributed by atoms with Crippen LogP contribution in [-0.4, -0.2) is 16.2 Å². The molecule has 0 fully saturated rings. The Balaban J connectivity index is 1.84. The van der Waals surface area contributed by atoms with Crippen LogP contribution in [0.2, 0.25) is 0 Å². The Morgan fingerprint density at radius 3 is 2.57 bits per heavy atom. The molecule has 0 atom stereocenters. The van der Waals surface area contributed by atoms with Crippen molar-refractivity contribution in [2.24, 2.45) is 0 Å². The van der Waals surface area contributed by atoms with Crippen molar-refractivity contribution in [3.63, 3.8) is 0 Å². The van der Waals surface area contributed by atoms with E-state index in [-0.39, 0.29) is 5.56 Å². The zero-order valence-corrected chi connectivity index (χ0v) is 12.1. The number of fused-ring (bicyclic) bond motifs is 1. The summed E-state index contributed by atoms with van der Waals surface area (Å²) in [6.45, 7) is 0.799. The quantitative estimate of drug-likeness (QED) is 0.753. The Labute approximate surface area is 126 Å². The Bertz CT molecular complexity index is 869. The van der Waals surface area contributed by atoms with Crippen LogP contribution in [0, 0.1) is 4.77 Å². The molecule has 0 aliphatic heterocycles. The maximum absolute atomic E-state index is 12.4. The molecular weight excluding hydrogens is 284 g/mol. The summed E-state index contributed by atoms with van der Waals surface area (Å²) < 4.78 is 7.55. The number of hydrogen-bond acceptors (Lipinski definition) is 3. The number of nitrogens with one attached hydrogen (secondary N) is 1. The first kappa shape index (κ1) is 13.6. The van der Waals surface area contributed by atoms with Gasteiger partial charge in [-0.05, 0) is 36.5 Å². The normalized spacial score (nSPS) is 10.7. The molecule has 0 bridgehead atoms. The van der Waals surface area contributed by atoms with Crippen molar-refractivity contribution in [2.75, 3.05) is 6.61 Å². The van der Waals surface area contributed by atoms with Crippen molar-refractivity contribution >= 4 is 23.1 Å². The minimum absolute atomic E-state index is 0.0917. The van der Waals surface area contributed by atoms with Crippen LogP contribution in [0.1, 0.15) is 0 Å². The number of ether oxygens (including phenoxy) is 1. The monoisotopic (exact) mass is 298 g/mol. The molecule has 106 valence electrons. The van der Waals surface area contributed by atoms with Crippen LogP contribution < -0.4 is 10.3 Å². The van der Waals surface area contributed by atoms with Crippen LogP contribution in [-0.2, 0) is 6.54 Å². The smallest absolute Gasteiger partial charge is 0.262 e. The summed E-state index contributed by atoms with van der Waals surface area (Å²) in [5.41, 5.74) is 0.665. The molecule has 0 aliphatic rings. The maximum Gasteiger partial charge on any atom is 0.262 e. The molecule has 0 amide bonds. The van der Waals surface area contributed by atoms with Gasteiger partial charge in [-0.1, -0.05) is 30.3 Å². The highest BCUT2D eigenvalue weighted by Crippen LogP contribution is 2.09. The predicted octanol–water partition coefficient (Wildman–Crippen LogP) is 3.14. The minimum atomic E-state index is -0.0917. The Hall–Kier alpha value is -2.40. The van der Waals surface area contributed by atoms with E-state index < -0.39 is 0 Å². The van der Waals surface area contributed by atoms with Gasteiger partial charge in [0.2, 0.25) is 0 Å². The van der Waals surface area contributed by atoms with Crippen LogP contribution in [0.5, 0.6) is 5.75 Å². The fourth-order valence-electron chi connectivity index (χ4n) is 2.17. The largest absolute Gasteiger partial charge is 0.492 e. The molecule has 21 heavy (non-hydrogen) atoms. The van der Waals surface area contributed by atoms with Crippen molar-refractivity contribution in [3.8, 4) is 5.75 Å². The Kier molecular flexibility index (Phi) is 3.83. The molecule has 2 aromatic carbocycles. The number of hydrogen-bond donors (Lipinski definition) is 1. The number of aromatic nitrogens is 2. The zero-order chi connectivity index (χ0) is 14.7. The number of H-pyrrole nitrogens is 1. The average molecular weight is 298 g/mol. The van der Waals surface area contributed by atoms with E-state index in [0.717, 1.165) is 11.3 Å². The highest BCUT2D eigenvalue weighted by atomic mass is 32.1. The SMILES string of the molecule is O=c1c2ccccc2[nH]c(=S)n1CCOc1ccccc1. The molecule has 5 heteroatoms. The highest BCUT2D eigenvalue weighted by molar-refractivity contribution is 7.71. The standard InChI is InChI=1S/C16H14N2O2S/c19-15-13-8-4-5-9-14(13)17-16(21)18(15)10-11-20-12-6-2-1-3-7-12/h1-9H,10-11H2,(H,17,21). The molecular formula is C16H14N2O2S. The summed E-state index contributed by atoms with van der Waals surface area (Å²) in [6.07, 6.45) is 0. The van der Waals surface area contributed by atoms with E-state index in [0.29, 0.717) is 23.3 Å². The Morgan fingerprint density at radius 1 is 1.05 bits per heavy atom. The van der Waals surface area contributed by atoms with E-state index in [1.54, 1.807) is 6.07 Å². The van der Waals surface area contributed by atoms with E-state index in [1.807, 2.05) is 48.5 Å². The molecule has 3 rings (SSSR count). The van der Waals surface area contributed by atoms with Gasteiger partial charge in [0, 0.05) is 0 Å². The summed E-state index contributed by atoms with van der Waals surface area (Å²) in [6, 6.07) is 16.8. The second-order valence-corrected chi connectivity index (χ2v) is 4.98. The average Bonchev–Trinajstić information content (AvgIpc) is 2.51. The van der Waals surface area contributed by atoms with Gasteiger partial charge in [0.1, 0.15) is 12.4 Å². The molecule has 0 radical (unpaired) electrons. The molecule has 1 N–H and O–H groups in total. The summed E-state index contributed by atoms with van der Waals surface area (Å²) in [7, 11) is 0. The van der Waals surface area contributed by atoms with Gasteiger partial charge >= 0.3 is 0 Å². The van der Waals surface area contributed by atoms with E-state index >= 15 is 0 Å². The summed E-state index contributed by atoms with van der Waals surface area (Å²) in [4.78, 5) is 15.5. The van der Waals surface area contributed by atoms with E-state index in [1.165, 1.54) is 4.57 Å². The third-order valence-electron chi connectivity index (χ3n) is 3.22. The topological polar surface area (TPSA) is 47.0 Å². The van der Waals surface area contributed by atoms with E-state index in [2.05, 4.69) is 4.98 Å². The number of benzene rings is 2. The lowest BCUT2D eigenvalue weighted by Crippen LogP contribution is -2.25. The highest BCUT2D eigenvalue weighted by Gasteiger charge is 2.05. The van der Waals surface area contributed by atoms with Crippen LogP contribution >= 0.6 is 12.2 Å². The molecule has 0 aliphatic carbocycles. The van der Waals surface area contributed by atoms with Crippen molar-refractivity contribution in [1.29, 1.82) is 0 Å². The maximum atomic E-state index is 12.4. The molecule has 0 saturated carbocycles. The van der Waals surface area contributed by atoms with Gasteiger partial charge in [-0.2, -0.15) is 0 Å². The number of aromatic amines is 1. The first-order valence-electron chi connectivity index (χ1n) is 6.65. The lowest BCUT2D eigenvalue weighted by Gasteiger charge is -2.09. The second kappa shape index (κ2) is 5.93. The first-order valence-corrected chi connectivity index (χ1v) is 7.06. The van der Waals surface area contributed by atoms with Crippen LogP contribution in [0.4, 0.5) is 0 Å². The third kappa shape index (κ3) is 2.87.